The molecule has 0 aromatic carbocycles. The third-order valence-corrected chi connectivity index (χ3v) is 4.21. The molecule has 2 aliphatic rings. The van der Waals surface area contributed by atoms with E-state index in [0.29, 0.717) is 25.2 Å². The monoisotopic (exact) mass is 254 g/mol. The van der Waals surface area contributed by atoms with Gasteiger partial charge >= 0.3 is 5.97 Å². The fraction of sp³-hybridized carbons (Fsp3) is 0.846. The maximum atomic E-state index is 11.9. The van der Waals surface area contributed by atoms with E-state index in [2.05, 4.69) is 17.3 Å². The van der Waals surface area contributed by atoms with E-state index >= 15 is 0 Å². The molecule has 1 heterocycles. The summed E-state index contributed by atoms with van der Waals surface area (Å²) in [7, 11) is 2.09. The normalized spacial score (nSPS) is 32.6. The van der Waals surface area contributed by atoms with Crippen LogP contribution in [0.5, 0.6) is 0 Å². The molecule has 0 radical (unpaired) electrons. The molecule has 1 saturated carbocycles. The third kappa shape index (κ3) is 3.22. The third-order valence-electron chi connectivity index (χ3n) is 4.21. The van der Waals surface area contributed by atoms with Crippen LogP contribution >= 0.6 is 0 Å². The molecule has 3 unspecified atom stereocenters. The first-order valence-electron chi connectivity index (χ1n) is 6.75. The minimum Gasteiger partial charge on any atom is -0.481 e. The Morgan fingerprint density at radius 1 is 1.28 bits per heavy atom. The summed E-state index contributed by atoms with van der Waals surface area (Å²) in [6, 6.07) is 0. The largest absolute Gasteiger partial charge is 0.481 e. The van der Waals surface area contributed by atoms with Crippen LogP contribution in [0.2, 0.25) is 0 Å². The van der Waals surface area contributed by atoms with Gasteiger partial charge in [0.1, 0.15) is 0 Å². The number of carboxylic acids is 1. The van der Waals surface area contributed by atoms with Crippen molar-refractivity contribution in [2.24, 2.45) is 17.8 Å². The molecule has 1 aliphatic carbocycles. The van der Waals surface area contributed by atoms with Crippen molar-refractivity contribution < 1.29 is 14.7 Å². The van der Waals surface area contributed by atoms with Crippen molar-refractivity contribution in [3.8, 4) is 0 Å². The predicted molar refractivity (Wildman–Crippen MR) is 67.1 cm³/mol. The zero-order valence-electron chi connectivity index (χ0n) is 10.9. The van der Waals surface area contributed by atoms with E-state index in [9.17, 15) is 9.59 Å². The van der Waals surface area contributed by atoms with Crippen LogP contribution in [0.15, 0.2) is 0 Å². The first-order chi connectivity index (χ1) is 8.56. The van der Waals surface area contributed by atoms with E-state index < -0.39 is 5.97 Å². The van der Waals surface area contributed by atoms with Crippen LogP contribution < -0.4 is 5.32 Å². The van der Waals surface area contributed by atoms with Crippen LogP contribution in [0.4, 0.5) is 0 Å². The van der Waals surface area contributed by atoms with Crippen LogP contribution in [0.25, 0.3) is 0 Å². The van der Waals surface area contributed by atoms with Gasteiger partial charge in [-0.15, -0.1) is 0 Å². The Morgan fingerprint density at radius 3 is 2.56 bits per heavy atom. The van der Waals surface area contributed by atoms with E-state index in [1.807, 2.05) is 0 Å². The molecule has 0 bridgehead atoms. The number of aliphatic carboxylic acids is 1. The molecule has 2 fully saturated rings. The maximum absolute atomic E-state index is 11.9. The number of hydrogen-bond acceptors (Lipinski definition) is 3. The lowest BCUT2D eigenvalue weighted by atomic mass is 10.0. The van der Waals surface area contributed by atoms with Gasteiger partial charge in [-0.2, -0.15) is 0 Å². The van der Waals surface area contributed by atoms with Crippen molar-refractivity contribution in [1.29, 1.82) is 0 Å². The lowest BCUT2D eigenvalue weighted by molar-refractivity contribution is -0.141. The van der Waals surface area contributed by atoms with Crippen LogP contribution in [-0.2, 0) is 9.59 Å². The maximum Gasteiger partial charge on any atom is 0.306 e. The summed E-state index contributed by atoms with van der Waals surface area (Å²) in [5.41, 5.74) is 0. The number of hydrogen-bond donors (Lipinski definition) is 2. The van der Waals surface area contributed by atoms with Crippen molar-refractivity contribution in [2.75, 3.05) is 26.7 Å². The Bertz CT molecular complexity index is 332. The molecule has 2 N–H and O–H groups in total. The fourth-order valence-corrected chi connectivity index (χ4v) is 3.03. The van der Waals surface area contributed by atoms with Gasteiger partial charge in [-0.05, 0) is 45.2 Å². The second-order valence-corrected chi connectivity index (χ2v) is 5.71. The second kappa shape index (κ2) is 5.69. The molecule has 0 aromatic rings. The molecule has 1 aliphatic heterocycles. The van der Waals surface area contributed by atoms with Crippen LogP contribution in [-0.4, -0.2) is 48.6 Å². The Morgan fingerprint density at radius 2 is 2.00 bits per heavy atom. The zero-order valence-corrected chi connectivity index (χ0v) is 10.9. The molecule has 5 nitrogen and oxygen atoms in total. The van der Waals surface area contributed by atoms with Crippen molar-refractivity contribution >= 4 is 11.9 Å². The van der Waals surface area contributed by atoms with E-state index in [1.165, 1.54) is 0 Å². The highest BCUT2D eigenvalue weighted by atomic mass is 16.4. The number of rotatable bonds is 4. The van der Waals surface area contributed by atoms with Gasteiger partial charge in [-0.3, -0.25) is 9.59 Å². The Balaban J connectivity index is 1.71. The van der Waals surface area contributed by atoms with Crippen molar-refractivity contribution in [3.63, 3.8) is 0 Å². The molecule has 3 atom stereocenters. The van der Waals surface area contributed by atoms with Gasteiger partial charge in [0.05, 0.1) is 5.92 Å². The Labute approximate surface area is 108 Å². The summed E-state index contributed by atoms with van der Waals surface area (Å²) < 4.78 is 0. The summed E-state index contributed by atoms with van der Waals surface area (Å²) >= 11 is 0. The van der Waals surface area contributed by atoms with Gasteiger partial charge in [-0.1, -0.05) is 0 Å². The van der Waals surface area contributed by atoms with Crippen LogP contribution in [0.3, 0.4) is 0 Å². The lowest BCUT2D eigenvalue weighted by Crippen LogP contribution is -2.34. The topological polar surface area (TPSA) is 69.6 Å². The number of carboxylic acid groups (broad SMARTS) is 1. The number of nitrogens with zero attached hydrogens (tertiary/aromatic N) is 1. The van der Waals surface area contributed by atoms with Crippen molar-refractivity contribution in [2.45, 2.75) is 25.7 Å². The predicted octanol–water partition coefficient (Wildman–Crippen LogP) is 0.555. The summed E-state index contributed by atoms with van der Waals surface area (Å²) in [5.74, 6) is -0.574. The molecule has 0 aromatic heterocycles. The molecule has 18 heavy (non-hydrogen) atoms. The minimum atomic E-state index is -0.761. The lowest BCUT2D eigenvalue weighted by Gasteiger charge is -2.14. The minimum absolute atomic E-state index is 0.0494. The number of nitrogens with one attached hydrogen (secondary N) is 1. The number of amides is 1. The van der Waals surface area contributed by atoms with Crippen molar-refractivity contribution in [1.82, 2.24) is 10.2 Å². The molecular formula is C13H22N2O3. The average molecular weight is 254 g/mol. The van der Waals surface area contributed by atoms with Crippen LogP contribution in [0.1, 0.15) is 25.7 Å². The quantitative estimate of drug-likeness (QED) is 0.769. The van der Waals surface area contributed by atoms with E-state index in [-0.39, 0.29) is 17.7 Å². The Kier molecular flexibility index (Phi) is 4.22. The highest BCUT2D eigenvalue weighted by molar-refractivity contribution is 5.80. The van der Waals surface area contributed by atoms with Gasteiger partial charge in [0.2, 0.25) is 5.91 Å². The molecule has 1 saturated heterocycles. The molecule has 2 rings (SSSR count). The molecular weight excluding hydrogens is 232 g/mol. The molecule has 0 spiro atoms. The van der Waals surface area contributed by atoms with E-state index in [0.717, 1.165) is 26.1 Å². The van der Waals surface area contributed by atoms with Gasteiger partial charge in [-0.25, -0.2) is 0 Å². The fourth-order valence-electron chi connectivity index (χ4n) is 3.03. The number of likely N-dealkylation sites (tertiary alicyclic amines) is 1. The zero-order chi connectivity index (χ0) is 13.1. The summed E-state index contributed by atoms with van der Waals surface area (Å²) in [5, 5.41) is 11.9. The SMILES string of the molecule is CN1CCC(CNC(=O)C2CCC(C(=O)O)C2)C1. The van der Waals surface area contributed by atoms with Gasteiger partial charge in [0, 0.05) is 19.0 Å². The highest BCUT2D eigenvalue weighted by Gasteiger charge is 2.34. The number of carbonyl (C=O) groups is 2. The van der Waals surface area contributed by atoms with Gasteiger partial charge < -0.3 is 15.3 Å². The molecule has 5 heteroatoms. The molecule has 1 amide bonds. The first-order valence-corrected chi connectivity index (χ1v) is 6.75. The molecule has 102 valence electrons. The van der Waals surface area contributed by atoms with Crippen molar-refractivity contribution in [3.05, 3.63) is 0 Å². The summed E-state index contributed by atoms with van der Waals surface area (Å²) in [6.07, 6.45) is 3.00. The second-order valence-electron chi connectivity index (χ2n) is 5.71. The van der Waals surface area contributed by atoms with E-state index in [4.69, 9.17) is 5.11 Å². The Hall–Kier alpha value is -1.10. The smallest absolute Gasteiger partial charge is 0.306 e. The highest BCUT2D eigenvalue weighted by Crippen LogP contribution is 2.31. The average Bonchev–Trinajstić information content (AvgIpc) is 2.94. The van der Waals surface area contributed by atoms with Crippen LogP contribution in [0, 0.1) is 17.8 Å². The number of carbonyl (C=O) groups excluding carboxylic acids is 1. The van der Waals surface area contributed by atoms with E-state index in [1.54, 1.807) is 0 Å². The summed E-state index contributed by atoms with van der Waals surface area (Å²) in [4.78, 5) is 25.0. The first kappa shape index (κ1) is 13.3. The standard InChI is InChI=1S/C13H22N2O3/c1-15-5-4-9(8-15)7-14-12(16)10-2-3-11(6-10)13(17)18/h9-11H,2-8H2,1H3,(H,14,16)(H,17,18). The van der Waals surface area contributed by atoms with Gasteiger partial charge in [0.15, 0.2) is 0 Å². The van der Waals surface area contributed by atoms with Gasteiger partial charge in [0.25, 0.3) is 0 Å². The summed E-state index contributed by atoms with van der Waals surface area (Å²) in [6.45, 7) is 2.88.